The van der Waals surface area contributed by atoms with E-state index in [0.717, 1.165) is 5.92 Å². The van der Waals surface area contributed by atoms with E-state index in [2.05, 4.69) is 27.7 Å². The third kappa shape index (κ3) is 0.997. The van der Waals surface area contributed by atoms with Gasteiger partial charge in [0, 0.05) is 0 Å². The fourth-order valence-electron chi connectivity index (χ4n) is 1.58. The Morgan fingerprint density at radius 2 is 2.11 bits per heavy atom. The van der Waals surface area contributed by atoms with Crippen molar-refractivity contribution in [1.29, 1.82) is 0 Å². The first-order valence-corrected chi connectivity index (χ1v) is 3.94. The van der Waals surface area contributed by atoms with Crippen molar-refractivity contribution >= 4 is 0 Å². The van der Waals surface area contributed by atoms with Gasteiger partial charge in [-0.3, -0.25) is 0 Å². The smallest absolute Gasteiger partial charge is 0.0213 e. The molecule has 0 amide bonds. The Morgan fingerprint density at radius 1 is 1.67 bits per heavy atom. The van der Waals surface area contributed by atoms with Crippen LogP contribution in [0.25, 0.3) is 0 Å². The van der Waals surface area contributed by atoms with Crippen molar-refractivity contribution in [2.75, 3.05) is 0 Å². The van der Waals surface area contributed by atoms with Gasteiger partial charge in [-0.15, -0.1) is 0 Å². The summed E-state index contributed by atoms with van der Waals surface area (Å²) >= 11 is 0. The van der Waals surface area contributed by atoms with Crippen LogP contribution in [0.15, 0.2) is 0 Å². The number of rotatable bonds is 2. The molecule has 0 spiro atoms. The molecular weight excluding hydrogens is 108 g/mol. The molecule has 1 radical (unpaired) electrons. The molecule has 1 fully saturated rings. The third-order valence-electron chi connectivity index (χ3n) is 3.16. The lowest BCUT2D eigenvalue weighted by Gasteiger charge is -2.16. The minimum atomic E-state index is 0.634. The fraction of sp³-hybridized carbons (Fsp3) is 0.889. The average molecular weight is 125 g/mol. The van der Waals surface area contributed by atoms with Gasteiger partial charge in [0.25, 0.3) is 0 Å². The van der Waals surface area contributed by atoms with Gasteiger partial charge in [-0.05, 0) is 30.1 Å². The number of hydrogen-bond acceptors (Lipinski definition) is 0. The SMILES string of the molecule is CC[C](C)C1(C)CC1C. The van der Waals surface area contributed by atoms with Crippen molar-refractivity contribution < 1.29 is 0 Å². The zero-order chi connectivity index (χ0) is 7.07. The van der Waals surface area contributed by atoms with Crippen LogP contribution in [0.3, 0.4) is 0 Å². The van der Waals surface area contributed by atoms with Gasteiger partial charge in [0.1, 0.15) is 0 Å². The van der Waals surface area contributed by atoms with Crippen LogP contribution in [-0.2, 0) is 0 Å². The molecule has 0 heterocycles. The van der Waals surface area contributed by atoms with Crippen LogP contribution in [0.4, 0.5) is 0 Å². The zero-order valence-electron chi connectivity index (χ0n) is 6.99. The molecule has 0 aliphatic heterocycles. The summed E-state index contributed by atoms with van der Waals surface area (Å²) in [5.41, 5.74) is 0.634. The molecule has 2 atom stereocenters. The zero-order valence-corrected chi connectivity index (χ0v) is 6.99. The van der Waals surface area contributed by atoms with Gasteiger partial charge in [0.05, 0.1) is 0 Å². The molecule has 0 aromatic rings. The first-order chi connectivity index (χ1) is 4.11. The lowest BCUT2D eigenvalue weighted by molar-refractivity contribution is 0.515. The topological polar surface area (TPSA) is 0 Å². The number of hydrogen-bond donors (Lipinski definition) is 0. The normalized spacial score (nSPS) is 41.7. The third-order valence-corrected chi connectivity index (χ3v) is 3.16. The van der Waals surface area contributed by atoms with Gasteiger partial charge in [0.2, 0.25) is 0 Å². The quantitative estimate of drug-likeness (QED) is 0.532. The van der Waals surface area contributed by atoms with Crippen LogP contribution in [0.2, 0.25) is 0 Å². The second-order valence-electron chi connectivity index (χ2n) is 3.66. The molecule has 0 heteroatoms. The monoisotopic (exact) mass is 125 g/mol. The highest BCUT2D eigenvalue weighted by Crippen LogP contribution is 2.58. The maximum atomic E-state index is 2.39. The van der Waals surface area contributed by atoms with Gasteiger partial charge in [0.15, 0.2) is 0 Å². The minimum Gasteiger partial charge on any atom is -0.0648 e. The summed E-state index contributed by atoms with van der Waals surface area (Å²) in [7, 11) is 0. The molecule has 9 heavy (non-hydrogen) atoms. The van der Waals surface area contributed by atoms with Crippen LogP contribution < -0.4 is 0 Å². The molecule has 0 aromatic carbocycles. The van der Waals surface area contributed by atoms with Crippen LogP contribution in [0.1, 0.15) is 40.5 Å². The molecular formula is C9H17. The Morgan fingerprint density at radius 3 is 2.22 bits per heavy atom. The first-order valence-electron chi connectivity index (χ1n) is 3.94. The predicted octanol–water partition coefficient (Wildman–Crippen LogP) is 3.04. The van der Waals surface area contributed by atoms with Crippen molar-refractivity contribution in [2.24, 2.45) is 11.3 Å². The maximum absolute atomic E-state index is 2.39. The van der Waals surface area contributed by atoms with E-state index < -0.39 is 0 Å². The molecule has 0 saturated heterocycles. The molecule has 1 rings (SSSR count). The summed E-state index contributed by atoms with van der Waals surface area (Å²) in [6.07, 6.45) is 2.69. The summed E-state index contributed by atoms with van der Waals surface area (Å²) in [6.45, 7) is 9.28. The summed E-state index contributed by atoms with van der Waals surface area (Å²) in [6, 6.07) is 0. The molecule has 1 aliphatic rings. The summed E-state index contributed by atoms with van der Waals surface area (Å²) < 4.78 is 0. The van der Waals surface area contributed by atoms with Crippen molar-refractivity contribution in [3.8, 4) is 0 Å². The lowest BCUT2D eigenvalue weighted by Crippen LogP contribution is -2.06. The van der Waals surface area contributed by atoms with Crippen LogP contribution >= 0.6 is 0 Å². The van der Waals surface area contributed by atoms with Gasteiger partial charge >= 0.3 is 0 Å². The Hall–Kier alpha value is 0. The first kappa shape index (κ1) is 7.11. The largest absolute Gasteiger partial charge is 0.0648 e. The van der Waals surface area contributed by atoms with Gasteiger partial charge in [-0.1, -0.05) is 27.7 Å². The Bertz CT molecular complexity index is 107. The van der Waals surface area contributed by atoms with Gasteiger partial charge in [-0.2, -0.15) is 0 Å². The Kier molecular flexibility index (Phi) is 1.58. The summed E-state index contributed by atoms with van der Waals surface area (Å²) in [4.78, 5) is 0. The molecule has 1 saturated carbocycles. The van der Waals surface area contributed by atoms with E-state index in [1.807, 2.05) is 0 Å². The minimum absolute atomic E-state index is 0.634. The van der Waals surface area contributed by atoms with E-state index in [0.29, 0.717) is 5.41 Å². The second-order valence-corrected chi connectivity index (χ2v) is 3.66. The molecule has 2 unspecified atom stereocenters. The van der Waals surface area contributed by atoms with E-state index >= 15 is 0 Å². The Balaban J connectivity index is 2.43. The highest BCUT2D eigenvalue weighted by atomic mass is 14.5. The molecule has 53 valence electrons. The molecule has 1 aliphatic carbocycles. The van der Waals surface area contributed by atoms with Gasteiger partial charge < -0.3 is 0 Å². The fourth-order valence-corrected chi connectivity index (χ4v) is 1.58. The van der Waals surface area contributed by atoms with Gasteiger partial charge in [-0.25, -0.2) is 0 Å². The highest BCUT2D eigenvalue weighted by Gasteiger charge is 2.49. The lowest BCUT2D eigenvalue weighted by atomic mass is 9.89. The standard InChI is InChI=1S/C9H17/c1-5-7(2)9(4)6-8(9)3/h8H,5-6H2,1-4H3. The molecule has 0 aromatic heterocycles. The average Bonchev–Trinajstić information content (AvgIpc) is 2.41. The van der Waals surface area contributed by atoms with Crippen molar-refractivity contribution in [3.05, 3.63) is 5.92 Å². The maximum Gasteiger partial charge on any atom is -0.0213 e. The summed E-state index contributed by atoms with van der Waals surface area (Å²) in [5, 5.41) is 0. The van der Waals surface area contributed by atoms with E-state index in [4.69, 9.17) is 0 Å². The highest BCUT2D eigenvalue weighted by molar-refractivity contribution is 5.13. The van der Waals surface area contributed by atoms with E-state index in [-0.39, 0.29) is 0 Å². The molecule has 0 bridgehead atoms. The van der Waals surface area contributed by atoms with Crippen LogP contribution in [-0.4, -0.2) is 0 Å². The van der Waals surface area contributed by atoms with Crippen LogP contribution in [0.5, 0.6) is 0 Å². The van der Waals surface area contributed by atoms with E-state index in [1.54, 1.807) is 5.92 Å². The van der Waals surface area contributed by atoms with Crippen molar-refractivity contribution in [1.82, 2.24) is 0 Å². The van der Waals surface area contributed by atoms with Crippen molar-refractivity contribution in [3.63, 3.8) is 0 Å². The van der Waals surface area contributed by atoms with E-state index in [9.17, 15) is 0 Å². The Labute approximate surface area is 58.7 Å². The second kappa shape index (κ2) is 2.00. The predicted molar refractivity (Wildman–Crippen MR) is 41.1 cm³/mol. The summed E-state index contributed by atoms with van der Waals surface area (Å²) in [5.74, 6) is 2.65. The van der Waals surface area contributed by atoms with Crippen LogP contribution in [0, 0.1) is 17.3 Å². The molecule has 0 N–H and O–H groups in total. The molecule has 0 nitrogen and oxygen atoms in total. The van der Waals surface area contributed by atoms with Crippen molar-refractivity contribution in [2.45, 2.75) is 40.5 Å². The van der Waals surface area contributed by atoms with E-state index in [1.165, 1.54) is 12.8 Å².